The van der Waals surface area contributed by atoms with Gasteiger partial charge in [0.05, 0.1) is 6.04 Å². The number of carboxylic acids is 1. The Labute approximate surface area is 189 Å². The second kappa shape index (κ2) is 14.5. The number of thiol groups is 2. The Morgan fingerprint density at radius 3 is 1.58 bits per heavy atom. The molecule has 0 radical (unpaired) electrons. The van der Waals surface area contributed by atoms with E-state index in [0.717, 1.165) is 0 Å². The number of hydrogen-bond donors (Lipinski definition) is 9. The quantitative estimate of drug-likeness (QED) is 0.105. The summed E-state index contributed by atoms with van der Waals surface area (Å²) < 4.78 is 0. The minimum atomic E-state index is -1.32. The van der Waals surface area contributed by atoms with Crippen LogP contribution in [-0.2, 0) is 28.8 Å². The number of hydrogen-bond acceptors (Lipinski definition) is 9. The number of carbonyl (C=O) groups excluding carboxylic acids is 5. The van der Waals surface area contributed by atoms with Gasteiger partial charge < -0.3 is 38.3 Å². The largest absolute Gasteiger partial charge is 0.480 e. The van der Waals surface area contributed by atoms with E-state index in [9.17, 15) is 28.8 Å². The third-order valence-corrected chi connectivity index (χ3v) is 4.69. The van der Waals surface area contributed by atoms with Crippen molar-refractivity contribution in [3.05, 3.63) is 0 Å². The van der Waals surface area contributed by atoms with E-state index in [1.54, 1.807) is 0 Å². The highest BCUT2D eigenvalue weighted by Gasteiger charge is 2.29. The highest BCUT2D eigenvalue weighted by Crippen LogP contribution is 2.03. The summed E-state index contributed by atoms with van der Waals surface area (Å²) in [5.74, 6) is -5.53. The van der Waals surface area contributed by atoms with E-state index < -0.39 is 59.7 Å². The number of rotatable bonds is 15. The molecule has 0 heterocycles. The van der Waals surface area contributed by atoms with Crippen LogP contribution in [0.3, 0.4) is 0 Å². The van der Waals surface area contributed by atoms with Crippen LogP contribution in [0.4, 0.5) is 0 Å². The van der Waals surface area contributed by atoms with Gasteiger partial charge in [0.25, 0.3) is 0 Å². The van der Waals surface area contributed by atoms with Crippen LogP contribution < -0.4 is 33.2 Å². The van der Waals surface area contributed by atoms with Gasteiger partial charge in [-0.1, -0.05) is 0 Å². The minimum Gasteiger partial charge on any atom is -0.480 e. The highest BCUT2D eigenvalue weighted by molar-refractivity contribution is 7.80. The van der Waals surface area contributed by atoms with Crippen LogP contribution in [0.5, 0.6) is 0 Å². The zero-order chi connectivity index (χ0) is 24.1. The fourth-order valence-corrected chi connectivity index (χ4v) is 2.69. The van der Waals surface area contributed by atoms with Crippen molar-refractivity contribution in [3.8, 4) is 0 Å². The second-order valence-corrected chi connectivity index (χ2v) is 7.23. The summed E-state index contributed by atoms with van der Waals surface area (Å²) in [6.45, 7) is 0. The number of nitrogens with one attached hydrogen (secondary N) is 3. The summed E-state index contributed by atoms with van der Waals surface area (Å²) in [7, 11) is 0. The van der Waals surface area contributed by atoms with Crippen LogP contribution in [0.1, 0.15) is 25.7 Å². The first kappa shape index (κ1) is 28.5. The summed E-state index contributed by atoms with van der Waals surface area (Å²) >= 11 is 7.80. The maximum atomic E-state index is 12.6. The van der Waals surface area contributed by atoms with Gasteiger partial charge in [0.1, 0.15) is 18.1 Å². The Morgan fingerprint density at radius 1 is 0.710 bits per heavy atom. The van der Waals surface area contributed by atoms with Gasteiger partial charge in [-0.05, 0) is 12.8 Å². The molecular formula is C16H28N6O7S2. The summed E-state index contributed by atoms with van der Waals surface area (Å²) in [4.78, 5) is 70.0. The molecule has 0 saturated carbocycles. The Kier molecular flexibility index (Phi) is 13.3. The molecule has 4 atom stereocenters. The molecule has 0 fully saturated rings. The lowest BCUT2D eigenvalue weighted by Gasteiger charge is -2.24. The molecule has 13 nitrogen and oxygen atoms in total. The molecule has 0 aliphatic rings. The van der Waals surface area contributed by atoms with Gasteiger partial charge in [0, 0.05) is 24.3 Å². The fraction of sp³-hybridized carbons (Fsp3) is 0.625. The molecule has 176 valence electrons. The van der Waals surface area contributed by atoms with Crippen LogP contribution in [0.15, 0.2) is 0 Å². The van der Waals surface area contributed by atoms with Crippen LogP contribution in [0.25, 0.3) is 0 Å². The van der Waals surface area contributed by atoms with E-state index in [1.165, 1.54) is 0 Å². The van der Waals surface area contributed by atoms with E-state index in [4.69, 9.17) is 22.3 Å². The number of nitrogens with two attached hydrogens (primary N) is 3. The third kappa shape index (κ3) is 11.4. The minimum absolute atomic E-state index is 0.0622. The molecule has 5 amide bonds. The maximum absolute atomic E-state index is 12.6. The predicted octanol–water partition coefficient (Wildman–Crippen LogP) is -3.76. The molecule has 31 heavy (non-hydrogen) atoms. The zero-order valence-corrected chi connectivity index (χ0v) is 18.4. The predicted molar refractivity (Wildman–Crippen MR) is 116 cm³/mol. The molecule has 0 aromatic carbocycles. The average molecular weight is 481 g/mol. The van der Waals surface area contributed by atoms with Crippen molar-refractivity contribution in [3.63, 3.8) is 0 Å². The molecule has 0 rings (SSSR count). The van der Waals surface area contributed by atoms with Crippen LogP contribution in [0.2, 0.25) is 0 Å². The molecule has 0 aromatic rings. The van der Waals surface area contributed by atoms with E-state index in [0.29, 0.717) is 0 Å². The van der Waals surface area contributed by atoms with E-state index in [2.05, 4.69) is 41.2 Å². The summed E-state index contributed by atoms with van der Waals surface area (Å²) in [5.41, 5.74) is 15.8. The van der Waals surface area contributed by atoms with Crippen molar-refractivity contribution >= 4 is 60.8 Å². The van der Waals surface area contributed by atoms with Crippen molar-refractivity contribution in [1.82, 2.24) is 16.0 Å². The van der Waals surface area contributed by atoms with Crippen molar-refractivity contribution in [2.75, 3.05) is 11.5 Å². The normalized spacial score (nSPS) is 14.4. The fourth-order valence-electron chi connectivity index (χ4n) is 2.19. The second-order valence-electron chi connectivity index (χ2n) is 6.50. The van der Waals surface area contributed by atoms with Gasteiger partial charge in [-0.25, -0.2) is 4.79 Å². The Bertz CT molecular complexity index is 693. The first-order valence-corrected chi connectivity index (χ1v) is 10.4. The van der Waals surface area contributed by atoms with Gasteiger partial charge in [-0.2, -0.15) is 25.3 Å². The van der Waals surface area contributed by atoms with Crippen LogP contribution in [-0.4, -0.2) is 76.3 Å². The van der Waals surface area contributed by atoms with E-state index in [-0.39, 0.29) is 37.2 Å². The standard InChI is InChI=1S/C16H28N6O7S2/c17-7(1-3-11(18)23)13(25)20-8(2-4-12(19)24)14(26)21-9(5-30)15(27)22-10(6-31)16(28)29/h7-10,30-31H,1-6,17H2,(H2,18,23)(H2,19,24)(H,20,25)(H,21,26)(H,22,27)(H,28,29). The van der Waals surface area contributed by atoms with E-state index in [1.807, 2.05) is 0 Å². The molecule has 10 N–H and O–H groups in total. The first-order chi connectivity index (χ1) is 14.4. The number of primary amides is 2. The van der Waals surface area contributed by atoms with Crippen molar-refractivity contribution in [2.24, 2.45) is 17.2 Å². The molecule has 15 heteroatoms. The summed E-state index contributed by atoms with van der Waals surface area (Å²) in [6.07, 6.45) is -0.657. The molecule has 0 aliphatic carbocycles. The van der Waals surface area contributed by atoms with Gasteiger partial charge in [0.15, 0.2) is 0 Å². The van der Waals surface area contributed by atoms with Crippen LogP contribution >= 0.6 is 25.3 Å². The first-order valence-electron chi connectivity index (χ1n) is 9.10. The zero-order valence-electron chi connectivity index (χ0n) is 16.6. The maximum Gasteiger partial charge on any atom is 0.327 e. The molecule has 0 saturated heterocycles. The van der Waals surface area contributed by atoms with Gasteiger partial charge >= 0.3 is 5.97 Å². The molecule has 4 unspecified atom stereocenters. The molecular weight excluding hydrogens is 452 g/mol. The smallest absolute Gasteiger partial charge is 0.327 e. The molecule has 0 bridgehead atoms. The van der Waals surface area contributed by atoms with Gasteiger partial charge in [-0.15, -0.1) is 0 Å². The lowest BCUT2D eigenvalue weighted by molar-refractivity contribution is -0.141. The van der Waals surface area contributed by atoms with E-state index >= 15 is 0 Å². The van der Waals surface area contributed by atoms with Crippen molar-refractivity contribution < 1.29 is 33.9 Å². The Hall–Kier alpha value is -2.52. The van der Waals surface area contributed by atoms with Crippen molar-refractivity contribution in [1.29, 1.82) is 0 Å². The Balaban J connectivity index is 5.21. The summed E-state index contributed by atoms with van der Waals surface area (Å²) in [5, 5.41) is 15.9. The number of aliphatic carboxylic acids is 1. The SMILES string of the molecule is NC(=O)CCC(N)C(=O)NC(CCC(N)=O)C(=O)NC(CS)C(=O)NC(CS)C(=O)O. The molecule has 0 spiro atoms. The Morgan fingerprint density at radius 2 is 1.13 bits per heavy atom. The molecule has 0 aromatic heterocycles. The highest BCUT2D eigenvalue weighted by atomic mass is 32.1. The number of carbonyl (C=O) groups is 6. The third-order valence-electron chi connectivity index (χ3n) is 3.96. The monoisotopic (exact) mass is 480 g/mol. The lowest BCUT2D eigenvalue weighted by atomic mass is 10.1. The van der Waals surface area contributed by atoms with Crippen LogP contribution in [0, 0.1) is 0 Å². The number of amides is 5. The van der Waals surface area contributed by atoms with Crippen molar-refractivity contribution in [2.45, 2.75) is 49.9 Å². The average Bonchev–Trinajstić information content (AvgIpc) is 2.70. The molecule has 0 aliphatic heterocycles. The van der Waals surface area contributed by atoms with Gasteiger partial charge in [-0.3, -0.25) is 24.0 Å². The topological polar surface area (TPSA) is 237 Å². The van der Waals surface area contributed by atoms with Gasteiger partial charge in [0.2, 0.25) is 29.5 Å². The summed E-state index contributed by atoms with van der Waals surface area (Å²) in [6, 6.07) is -4.96. The lowest BCUT2D eigenvalue weighted by Crippen LogP contribution is -2.58. The number of carboxylic acid groups (broad SMARTS) is 1.